The van der Waals surface area contributed by atoms with Crippen LogP contribution in [0, 0.1) is 10.1 Å². The summed E-state index contributed by atoms with van der Waals surface area (Å²) in [5.74, 6) is 0.0723. The largest absolute Gasteiger partial charge is 1.00 e. The molecule has 0 heterocycles. The van der Waals surface area contributed by atoms with Gasteiger partial charge in [-0.15, -0.1) is 0 Å². The fourth-order valence-corrected chi connectivity index (χ4v) is 1.16. The first-order valence-electron chi connectivity index (χ1n) is 4.12. The third-order valence-electron chi connectivity index (χ3n) is 1.89. The van der Waals surface area contributed by atoms with Gasteiger partial charge in [0.15, 0.2) is 11.4 Å². The summed E-state index contributed by atoms with van der Waals surface area (Å²) in [5, 5.41) is 20.0. The lowest BCUT2D eigenvalue weighted by Gasteiger charge is -2.23. The maximum atomic E-state index is 10.5. The van der Waals surface area contributed by atoms with Crippen LogP contribution in [0.5, 0.6) is 5.75 Å². The van der Waals surface area contributed by atoms with Gasteiger partial charge in [0.25, 0.3) is 5.69 Å². The average molecular weight is 324 g/mol. The molecule has 0 spiro atoms. The van der Waals surface area contributed by atoms with Gasteiger partial charge in [0.05, 0.1) is 32.1 Å². The fourth-order valence-electron chi connectivity index (χ4n) is 1.16. The number of aromatic hydroxyl groups is 1. The average Bonchev–Trinajstić information content (AvgIpc) is 2.02. The third kappa shape index (κ3) is 3.31. The van der Waals surface area contributed by atoms with E-state index in [1.165, 1.54) is 18.2 Å². The molecule has 0 saturated carbocycles. The van der Waals surface area contributed by atoms with Crippen LogP contribution in [0.2, 0.25) is 0 Å². The highest BCUT2D eigenvalue weighted by molar-refractivity contribution is 5.59. The van der Waals surface area contributed by atoms with E-state index in [1.54, 1.807) is 0 Å². The van der Waals surface area contributed by atoms with Crippen molar-refractivity contribution in [3.8, 4) is 5.75 Å². The summed E-state index contributed by atoms with van der Waals surface area (Å²) < 4.78 is 0.341. The van der Waals surface area contributed by atoms with Gasteiger partial charge in [0, 0.05) is 6.07 Å². The van der Waals surface area contributed by atoms with Crippen molar-refractivity contribution in [3.63, 3.8) is 0 Å². The van der Waals surface area contributed by atoms with Gasteiger partial charge in [-0.2, -0.15) is 0 Å². The van der Waals surface area contributed by atoms with Gasteiger partial charge in [-0.25, -0.2) is 0 Å². The lowest BCUT2D eigenvalue weighted by Crippen LogP contribution is -3.00. The number of phenolic OH excluding ortho intramolecular Hbond substituents is 1. The van der Waals surface area contributed by atoms with Crippen LogP contribution in [0.15, 0.2) is 18.2 Å². The number of nitrogens with zero attached hydrogens (tertiary/aromatic N) is 2. The van der Waals surface area contributed by atoms with Crippen LogP contribution < -0.4 is 28.5 Å². The zero-order valence-electron chi connectivity index (χ0n) is 8.77. The molecule has 15 heavy (non-hydrogen) atoms. The van der Waals surface area contributed by atoms with Crippen molar-refractivity contribution in [2.75, 3.05) is 21.1 Å². The predicted octanol–water partition coefficient (Wildman–Crippen LogP) is -1.50. The van der Waals surface area contributed by atoms with Crippen LogP contribution >= 0.6 is 0 Å². The molecule has 5 nitrogen and oxygen atoms in total. The Bertz CT molecular complexity index is 374. The second-order valence-corrected chi connectivity index (χ2v) is 3.94. The molecule has 84 valence electrons. The first-order valence-corrected chi connectivity index (χ1v) is 4.12. The molecular weight excluding hydrogens is 311 g/mol. The van der Waals surface area contributed by atoms with Gasteiger partial charge >= 0.3 is 0 Å². The number of rotatable bonds is 2. The highest BCUT2D eigenvalue weighted by Gasteiger charge is 2.21. The van der Waals surface area contributed by atoms with E-state index in [0.29, 0.717) is 10.2 Å². The lowest BCUT2D eigenvalue weighted by atomic mass is 10.2. The number of benzene rings is 1. The molecule has 1 aromatic carbocycles. The van der Waals surface area contributed by atoms with E-state index in [1.807, 2.05) is 21.1 Å². The highest BCUT2D eigenvalue weighted by atomic mass is 127. The number of hydrogen-bond donors (Lipinski definition) is 1. The number of halogens is 1. The molecule has 1 rings (SSSR count). The molecule has 0 amide bonds. The molecule has 0 unspecified atom stereocenters. The molecule has 1 aromatic rings. The normalized spacial score (nSPS) is 10.6. The van der Waals surface area contributed by atoms with E-state index in [0.717, 1.165) is 0 Å². The van der Waals surface area contributed by atoms with Crippen LogP contribution in [-0.4, -0.2) is 31.2 Å². The number of quaternary nitrogens is 1. The fraction of sp³-hybridized carbons (Fsp3) is 0.333. The van der Waals surface area contributed by atoms with Crippen molar-refractivity contribution in [2.45, 2.75) is 0 Å². The quantitative estimate of drug-likeness (QED) is 0.312. The second kappa shape index (κ2) is 4.75. The summed E-state index contributed by atoms with van der Waals surface area (Å²) in [5.41, 5.74) is 0.519. The SMILES string of the molecule is C[N+](C)(C)c1cc([N+](=O)[O-])ccc1O.[I-]. The second-order valence-electron chi connectivity index (χ2n) is 3.94. The molecule has 0 saturated heterocycles. The van der Waals surface area contributed by atoms with E-state index in [9.17, 15) is 15.2 Å². The van der Waals surface area contributed by atoms with Gasteiger partial charge in [-0.3, -0.25) is 14.6 Å². The van der Waals surface area contributed by atoms with Crippen LogP contribution in [0.1, 0.15) is 0 Å². The monoisotopic (exact) mass is 324 g/mol. The summed E-state index contributed by atoms with van der Waals surface area (Å²) in [7, 11) is 5.50. The van der Waals surface area contributed by atoms with Gasteiger partial charge in [0.1, 0.15) is 0 Å². The Hall–Kier alpha value is -0.890. The molecule has 0 aromatic heterocycles. The lowest BCUT2D eigenvalue weighted by molar-refractivity contribution is -0.384. The molecule has 0 bridgehead atoms. The third-order valence-corrected chi connectivity index (χ3v) is 1.89. The number of hydrogen-bond acceptors (Lipinski definition) is 3. The minimum Gasteiger partial charge on any atom is -1.00 e. The van der Waals surface area contributed by atoms with E-state index >= 15 is 0 Å². The van der Waals surface area contributed by atoms with Gasteiger partial charge < -0.3 is 29.1 Å². The Balaban J connectivity index is 0.00000196. The highest BCUT2D eigenvalue weighted by Crippen LogP contribution is 2.32. The topological polar surface area (TPSA) is 63.4 Å². The Morgan fingerprint density at radius 3 is 2.27 bits per heavy atom. The van der Waals surface area contributed by atoms with E-state index in [4.69, 9.17) is 0 Å². The number of phenols is 1. The minimum absolute atomic E-state index is 0. The van der Waals surface area contributed by atoms with E-state index < -0.39 is 4.92 Å². The Kier molecular flexibility index (Phi) is 4.47. The standard InChI is InChI=1S/C9H12N2O3.HI/c1-11(2,3)8-6-7(10(13)14)4-5-9(8)12;/h4-6H,1-3H3;1H. The summed E-state index contributed by atoms with van der Waals surface area (Å²) in [6, 6.07) is 4.01. The molecule has 0 fully saturated rings. The van der Waals surface area contributed by atoms with Gasteiger partial charge in [-0.05, 0) is 6.07 Å². The van der Waals surface area contributed by atoms with E-state index in [2.05, 4.69) is 0 Å². The van der Waals surface area contributed by atoms with Crippen molar-refractivity contribution in [1.82, 2.24) is 4.48 Å². The number of nitro benzene ring substituents is 1. The molecule has 0 aliphatic heterocycles. The van der Waals surface area contributed by atoms with Crippen molar-refractivity contribution in [3.05, 3.63) is 28.3 Å². The summed E-state index contributed by atoms with van der Waals surface area (Å²) in [6.45, 7) is 0. The predicted molar refractivity (Wildman–Crippen MR) is 54.3 cm³/mol. The zero-order valence-corrected chi connectivity index (χ0v) is 10.9. The molecule has 1 N–H and O–H groups in total. The molecule has 6 heteroatoms. The van der Waals surface area contributed by atoms with Crippen LogP contribution in [0.3, 0.4) is 0 Å². The maximum absolute atomic E-state index is 10.5. The minimum atomic E-state index is -0.474. The Morgan fingerprint density at radius 2 is 1.87 bits per heavy atom. The van der Waals surface area contributed by atoms with Crippen LogP contribution in [0.4, 0.5) is 11.4 Å². The van der Waals surface area contributed by atoms with Crippen molar-refractivity contribution < 1.29 is 34.0 Å². The van der Waals surface area contributed by atoms with Gasteiger partial charge in [-0.1, -0.05) is 0 Å². The molecule has 0 aliphatic rings. The van der Waals surface area contributed by atoms with Crippen molar-refractivity contribution in [1.29, 1.82) is 0 Å². The van der Waals surface area contributed by atoms with Crippen molar-refractivity contribution >= 4 is 11.4 Å². The Labute approximate surface area is 105 Å². The smallest absolute Gasteiger partial charge is 0.275 e. The summed E-state index contributed by atoms with van der Waals surface area (Å²) >= 11 is 0. The Morgan fingerprint density at radius 1 is 1.33 bits per heavy atom. The van der Waals surface area contributed by atoms with Crippen LogP contribution in [0.25, 0.3) is 0 Å². The zero-order chi connectivity index (χ0) is 10.9. The number of non-ortho nitro benzene ring substituents is 1. The first kappa shape index (κ1) is 14.1. The first-order chi connectivity index (χ1) is 6.32. The molecule has 0 radical (unpaired) electrons. The van der Waals surface area contributed by atoms with E-state index in [-0.39, 0.29) is 35.4 Å². The van der Waals surface area contributed by atoms with Gasteiger partial charge in [0.2, 0.25) is 0 Å². The summed E-state index contributed by atoms with van der Waals surface area (Å²) in [6.07, 6.45) is 0. The molecular formula is C9H13IN2O3. The summed E-state index contributed by atoms with van der Waals surface area (Å²) in [4.78, 5) is 10.0. The number of nitro groups is 1. The molecule has 0 atom stereocenters. The maximum Gasteiger partial charge on any atom is 0.275 e. The van der Waals surface area contributed by atoms with Crippen molar-refractivity contribution in [2.24, 2.45) is 0 Å². The van der Waals surface area contributed by atoms with Crippen LogP contribution in [-0.2, 0) is 0 Å². The molecule has 0 aliphatic carbocycles.